The summed E-state index contributed by atoms with van der Waals surface area (Å²) in [5.41, 5.74) is 0.251. The van der Waals surface area contributed by atoms with E-state index in [1.807, 2.05) is 13.8 Å². The molecular weight excluding hydrogens is 654 g/mol. The van der Waals surface area contributed by atoms with Crippen LogP contribution in [0.4, 0.5) is 8.78 Å². The summed E-state index contributed by atoms with van der Waals surface area (Å²) in [4.78, 5) is 76.0. The highest BCUT2D eigenvalue weighted by molar-refractivity contribution is 5.92. The highest BCUT2D eigenvalue weighted by atomic mass is 19.1. The molecule has 7 N–H and O–H groups in total. The normalized spacial score (nSPS) is 14.8. The molecule has 0 aliphatic heterocycles. The van der Waals surface area contributed by atoms with Gasteiger partial charge in [-0.1, -0.05) is 47.5 Å². The molecule has 0 saturated heterocycles. The number of carbonyl (C=O) groups excluding carboxylic acids is 5. The van der Waals surface area contributed by atoms with E-state index in [1.54, 1.807) is 34.6 Å². The summed E-state index contributed by atoms with van der Waals surface area (Å²) in [5.74, 6) is -5.56. The molecule has 1 rings (SSSR count). The van der Waals surface area contributed by atoms with E-state index in [4.69, 9.17) is 5.11 Å². The van der Waals surface area contributed by atoms with E-state index in [1.165, 1.54) is 0 Å². The first kappa shape index (κ1) is 43.9. The van der Waals surface area contributed by atoms with E-state index in [-0.39, 0.29) is 62.0 Å². The van der Waals surface area contributed by atoms with Crippen molar-refractivity contribution in [3.05, 3.63) is 35.4 Å². The van der Waals surface area contributed by atoms with E-state index < -0.39 is 71.4 Å². The lowest BCUT2D eigenvalue weighted by Crippen LogP contribution is -2.58. The second kappa shape index (κ2) is 22.6. The number of nitrogens with one attached hydrogen (secondary N) is 6. The monoisotopic (exact) mass is 710 g/mol. The van der Waals surface area contributed by atoms with Crippen molar-refractivity contribution in [3.63, 3.8) is 0 Å². The molecule has 0 heterocycles. The fraction of sp³-hybridized carbons (Fsp3) is 0.657. The Kier molecular flexibility index (Phi) is 19.8. The first-order valence-electron chi connectivity index (χ1n) is 17.4. The molecule has 13 nitrogen and oxygen atoms in total. The molecule has 1 aromatic rings. The molecule has 0 radical (unpaired) electrons. The van der Waals surface area contributed by atoms with Gasteiger partial charge in [-0.2, -0.15) is 0 Å². The van der Waals surface area contributed by atoms with E-state index in [0.29, 0.717) is 19.4 Å². The molecule has 6 atom stereocenters. The van der Waals surface area contributed by atoms with Crippen LogP contribution in [0.1, 0.15) is 92.6 Å². The third kappa shape index (κ3) is 16.0. The number of carbonyl (C=O) groups is 6. The molecule has 0 aromatic heterocycles. The van der Waals surface area contributed by atoms with Gasteiger partial charge < -0.3 is 37.0 Å². The molecule has 0 fully saturated rings. The minimum absolute atomic E-state index is 0.0132. The van der Waals surface area contributed by atoms with Crippen LogP contribution in [0.15, 0.2) is 18.2 Å². The number of hydrogen-bond donors (Lipinski definition) is 7. The molecule has 50 heavy (non-hydrogen) atoms. The maximum Gasteiger partial charge on any atom is 0.303 e. The zero-order valence-corrected chi connectivity index (χ0v) is 30.3. The summed E-state index contributed by atoms with van der Waals surface area (Å²) in [6.07, 6.45) is 1.08. The summed E-state index contributed by atoms with van der Waals surface area (Å²) >= 11 is 0. The highest BCUT2D eigenvalue weighted by Crippen LogP contribution is 2.13. The molecule has 0 saturated carbocycles. The van der Waals surface area contributed by atoms with Gasteiger partial charge in [-0.05, 0) is 62.6 Å². The maximum atomic E-state index is 14.1. The molecule has 0 aliphatic carbocycles. The van der Waals surface area contributed by atoms with E-state index in [0.717, 1.165) is 18.2 Å². The number of carboxylic acids is 1. The third-order valence-electron chi connectivity index (χ3n) is 8.23. The van der Waals surface area contributed by atoms with Crippen molar-refractivity contribution in [2.75, 3.05) is 13.1 Å². The molecule has 282 valence electrons. The highest BCUT2D eigenvalue weighted by Gasteiger charge is 2.31. The Bertz CT molecular complexity index is 1280. The van der Waals surface area contributed by atoms with Gasteiger partial charge in [0.05, 0.1) is 6.04 Å². The van der Waals surface area contributed by atoms with Crippen molar-refractivity contribution >= 4 is 35.5 Å². The van der Waals surface area contributed by atoms with Gasteiger partial charge in [-0.15, -0.1) is 0 Å². The van der Waals surface area contributed by atoms with Gasteiger partial charge in [0.1, 0.15) is 29.8 Å². The predicted octanol–water partition coefficient (Wildman–Crippen LogP) is 2.32. The number of amides is 5. The number of aliphatic carboxylic acids is 1. The van der Waals surface area contributed by atoms with E-state index >= 15 is 0 Å². The van der Waals surface area contributed by atoms with E-state index in [9.17, 15) is 37.5 Å². The van der Waals surface area contributed by atoms with Crippen LogP contribution < -0.4 is 31.9 Å². The Morgan fingerprint density at radius 3 is 1.94 bits per heavy atom. The summed E-state index contributed by atoms with van der Waals surface area (Å²) in [5, 5.41) is 25.6. The molecule has 1 aromatic carbocycles. The first-order valence-corrected chi connectivity index (χ1v) is 17.4. The van der Waals surface area contributed by atoms with Gasteiger partial charge in [0.15, 0.2) is 0 Å². The summed E-state index contributed by atoms with van der Waals surface area (Å²) in [6.45, 7) is 12.8. The van der Waals surface area contributed by atoms with Crippen LogP contribution in [0.5, 0.6) is 0 Å². The number of benzene rings is 1. The van der Waals surface area contributed by atoms with Crippen molar-refractivity contribution in [1.29, 1.82) is 0 Å². The minimum Gasteiger partial charge on any atom is -0.481 e. The number of hydrogen-bond acceptors (Lipinski definition) is 7. The first-order chi connectivity index (χ1) is 23.5. The summed E-state index contributed by atoms with van der Waals surface area (Å²) < 4.78 is 28.1. The van der Waals surface area contributed by atoms with Crippen LogP contribution in [0.3, 0.4) is 0 Å². The van der Waals surface area contributed by atoms with Gasteiger partial charge in [-0.25, -0.2) is 8.78 Å². The Morgan fingerprint density at radius 2 is 1.40 bits per heavy atom. The quantitative estimate of drug-likeness (QED) is 0.0899. The van der Waals surface area contributed by atoms with Gasteiger partial charge in [0.2, 0.25) is 29.5 Å². The largest absolute Gasteiger partial charge is 0.481 e. The molecule has 15 heteroatoms. The average molecular weight is 711 g/mol. The molecular formula is C35H56F2N6O7. The van der Waals surface area contributed by atoms with Gasteiger partial charge in [-0.3, -0.25) is 28.8 Å². The fourth-order valence-electron chi connectivity index (χ4n) is 5.17. The lowest BCUT2D eigenvalue weighted by Gasteiger charge is -2.28. The molecule has 0 bridgehead atoms. The van der Waals surface area contributed by atoms with Crippen LogP contribution >= 0.6 is 0 Å². The Balaban J connectivity index is 3.16. The van der Waals surface area contributed by atoms with Crippen LogP contribution in [0.25, 0.3) is 0 Å². The Hall–Kier alpha value is -4.14. The van der Waals surface area contributed by atoms with Crippen LogP contribution in [-0.2, 0) is 35.2 Å². The minimum atomic E-state index is -1.03. The molecule has 0 spiro atoms. The van der Waals surface area contributed by atoms with Crippen LogP contribution in [-0.4, -0.2) is 83.9 Å². The smallest absolute Gasteiger partial charge is 0.303 e. The van der Waals surface area contributed by atoms with Gasteiger partial charge in [0, 0.05) is 38.0 Å². The van der Waals surface area contributed by atoms with Gasteiger partial charge in [0.25, 0.3) is 0 Å². The standard InChI is InChI=1S/C35H56F2N6O7/c1-8-12-27(41-35(50)31(21(6)9-2)42-28(44)13-11-14-29(45)46)33(48)40-26(17-23-15-24(36)18-25(37)16-23)19-39-22(7)32(47)43-30(20(4)5)34(49)38-10-3/h15-16,18,20-22,26-27,30-31,39H,8-14,17,19H2,1-7H3,(H,38,49)(H,40,48)(H,41,50)(H,42,44)(H,43,47)(H,45,46)/t21-,22-,26-,27-,30-,31-/m0/s1. The second-order valence-corrected chi connectivity index (χ2v) is 13.0. The zero-order chi connectivity index (χ0) is 38.0. The fourth-order valence-corrected chi connectivity index (χ4v) is 5.17. The lowest BCUT2D eigenvalue weighted by molar-refractivity contribution is -0.137. The van der Waals surface area contributed by atoms with Crippen molar-refractivity contribution in [2.45, 2.75) is 124 Å². The molecule has 0 aliphatic rings. The SMILES string of the molecule is CCC[C@H](NC(=O)[C@@H](NC(=O)CCCC(=O)O)[C@@H](C)CC)C(=O)N[C@H](CN[C@@H](C)C(=O)N[C@H](C(=O)NCC)C(C)C)Cc1cc(F)cc(F)c1. The van der Waals surface area contributed by atoms with Crippen LogP contribution in [0.2, 0.25) is 0 Å². The average Bonchev–Trinajstić information content (AvgIpc) is 3.03. The zero-order valence-electron chi connectivity index (χ0n) is 30.3. The van der Waals surface area contributed by atoms with Crippen molar-refractivity contribution in [3.8, 4) is 0 Å². The number of rotatable bonds is 23. The number of halogens is 2. The predicted molar refractivity (Wildman–Crippen MR) is 185 cm³/mol. The van der Waals surface area contributed by atoms with Crippen molar-refractivity contribution < 1.29 is 42.7 Å². The Morgan fingerprint density at radius 1 is 0.760 bits per heavy atom. The maximum absolute atomic E-state index is 14.1. The lowest BCUT2D eigenvalue weighted by atomic mass is 9.97. The summed E-state index contributed by atoms with van der Waals surface area (Å²) in [6, 6.07) is -1.39. The molecule has 0 unspecified atom stereocenters. The summed E-state index contributed by atoms with van der Waals surface area (Å²) in [7, 11) is 0. The van der Waals surface area contributed by atoms with Crippen molar-refractivity contribution in [1.82, 2.24) is 31.9 Å². The second-order valence-electron chi connectivity index (χ2n) is 13.0. The molecule has 5 amide bonds. The van der Waals surface area contributed by atoms with Crippen LogP contribution in [0, 0.1) is 23.5 Å². The third-order valence-corrected chi connectivity index (χ3v) is 8.23. The van der Waals surface area contributed by atoms with Gasteiger partial charge >= 0.3 is 5.97 Å². The number of carboxylic acid groups (broad SMARTS) is 1. The topological polar surface area (TPSA) is 195 Å². The Labute approximate surface area is 293 Å². The van der Waals surface area contributed by atoms with E-state index in [2.05, 4.69) is 31.9 Å². The number of likely N-dealkylation sites (N-methyl/N-ethyl adjacent to an activating group) is 1. The van der Waals surface area contributed by atoms with Crippen molar-refractivity contribution in [2.24, 2.45) is 11.8 Å².